The average molecular weight is 388 g/mol. The first-order chi connectivity index (χ1) is 11.5. The molecule has 1 aromatic heterocycles. The van der Waals surface area contributed by atoms with Crippen molar-refractivity contribution in [2.24, 2.45) is 0 Å². The van der Waals surface area contributed by atoms with Crippen LogP contribution in [0.3, 0.4) is 0 Å². The lowest BCUT2D eigenvalue weighted by atomic mass is 10.2. The molecule has 0 aliphatic rings. The Balaban J connectivity index is 1.88. The summed E-state index contributed by atoms with van der Waals surface area (Å²) in [5.74, 6) is -0.575. The number of carbonyl (C=O) groups excluding carboxylic acids is 1. The van der Waals surface area contributed by atoms with E-state index in [9.17, 15) is 9.18 Å². The molecule has 0 bridgehead atoms. The maximum absolute atomic E-state index is 13.3. The highest BCUT2D eigenvalue weighted by Crippen LogP contribution is 2.24. The zero-order valence-electron chi connectivity index (χ0n) is 13.2. The lowest BCUT2D eigenvalue weighted by molar-refractivity contribution is 0.0987. The zero-order valence-corrected chi connectivity index (χ0v) is 14.8. The molecule has 4 nitrogen and oxygen atoms in total. The van der Waals surface area contributed by atoms with Gasteiger partial charge in [-0.3, -0.25) is 4.79 Å². The molecule has 2 aromatic carbocycles. The number of nitrogens with zero attached hydrogens (tertiary/aromatic N) is 3. The van der Waals surface area contributed by atoms with E-state index in [-0.39, 0.29) is 11.7 Å². The molecule has 0 unspecified atom stereocenters. The van der Waals surface area contributed by atoms with Crippen molar-refractivity contribution in [1.29, 1.82) is 0 Å². The molecule has 0 N–H and O–H groups in total. The average Bonchev–Trinajstić information content (AvgIpc) is 3.03. The van der Waals surface area contributed by atoms with Crippen molar-refractivity contribution in [2.45, 2.75) is 6.92 Å². The van der Waals surface area contributed by atoms with Crippen molar-refractivity contribution in [3.8, 4) is 5.69 Å². The molecule has 122 valence electrons. The van der Waals surface area contributed by atoms with Crippen molar-refractivity contribution >= 4 is 27.5 Å². The van der Waals surface area contributed by atoms with Gasteiger partial charge in [0.25, 0.3) is 5.91 Å². The number of rotatable bonds is 3. The molecule has 0 saturated carbocycles. The van der Waals surface area contributed by atoms with Gasteiger partial charge >= 0.3 is 0 Å². The number of halogens is 2. The van der Waals surface area contributed by atoms with Crippen LogP contribution in [-0.4, -0.2) is 22.7 Å². The van der Waals surface area contributed by atoms with Gasteiger partial charge in [0.1, 0.15) is 5.82 Å². The summed E-state index contributed by atoms with van der Waals surface area (Å²) in [6.45, 7) is 1.94. The summed E-state index contributed by atoms with van der Waals surface area (Å²) in [5, 5.41) is 4.26. The first-order valence-electron chi connectivity index (χ1n) is 7.31. The maximum Gasteiger partial charge on any atom is 0.278 e. The standard InChI is InChI=1S/C18H15BrFN3O/c1-12-10-13(19)6-7-17(12)22(2)18(24)16-8-9-23(21-16)15-5-3-4-14(20)11-15/h3-11H,1-2H3. The van der Waals surface area contributed by atoms with Crippen LogP contribution in [0, 0.1) is 12.7 Å². The van der Waals surface area contributed by atoms with Gasteiger partial charge in [-0.05, 0) is 55.0 Å². The van der Waals surface area contributed by atoms with Crippen molar-refractivity contribution in [3.63, 3.8) is 0 Å². The third kappa shape index (κ3) is 3.23. The molecule has 6 heteroatoms. The Morgan fingerprint density at radius 3 is 2.71 bits per heavy atom. The molecule has 0 aliphatic carbocycles. The van der Waals surface area contributed by atoms with Gasteiger partial charge in [-0.25, -0.2) is 9.07 Å². The van der Waals surface area contributed by atoms with Crippen LogP contribution in [0.5, 0.6) is 0 Å². The van der Waals surface area contributed by atoms with E-state index in [1.807, 2.05) is 25.1 Å². The number of carbonyl (C=O) groups is 1. The van der Waals surface area contributed by atoms with Gasteiger partial charge in [0, 0.05) is 23.4 Å². The van der Waals surface area contributed by atoms with Crippen LogP contribution in [0.2, 0.25) is 0 Å². The number of aromatic nitrogens is 2. The molecule has 24 heavy (non-hydrogen) atoms. The molecule has 0 atom stereocenters. The summed E-state index contributed by atoms with van der Waals surface area (Å²) >= 11 is 3.41. The summed E-state index contributed by atoms with van der Waals surface area (Å²) in [5.41, 5.74) is 2.65. The second-order valence-electron chi connectivity index (χ2n) is 5.42. The summed E-state index contributed by atoms with van der Waals surface area (Å²) in [4.78, 5) is 14.2. The molecule has 0 radical (unpaired) electrons. The molecule has 0 aliphatic heterocycles. The SMILES string of the molecule is Cc1cc(Br)ccc1N(C)C(=O)c1ccn(-c2cccc(F)c2)n1. The van der Waals surface area contributed by atoms with Crippen LogP contribution < -0.4 is 4.90 Å². The fourth-order valence-electron chi connectivity index (χ4n) is 2.48. The van der Waals surface area contributed by atoms with Crippen molar-refractivity contribution in [3.05, 3.63) is 76.3 Å². The number of aryl methyl sites for hydroxylation is 1. The van der Waals surface area contributed by atoms with Crippen LogP contribution in [-0.2, 0) is 0 Å². The minimum absolute atomic E-state index is 0.226. The van der Waals surface area contributed by atoms with E-state index < -0.39 is 0 Å². The van der Waals surface area contributed by atoms with Gasteiger partial charge in [0.2, 0.25) is 0 Å². The molecule has 3 rings (SSSR count). The first kappa shape index (κ1) is 16.4. The summed E-state index contributed by atoms with van der Waals surface area (Å²) in [6, 6.07) is 13.4. The number of amides is 1. The fraction of sp³-hybridized carbons (Fsp3) is 0.111. The predicted octanol–water partition coefficient (Wildman–Crippen LogP) is 4.36. The predicted molar refractivity (Wildman–Crippen MR) is 95.1 cm³/mol. The maximum atomic E-state index is 13.3. The number of hydrogen-bond donors (Lipinski definition) is 0. The van der Waals surface area contributed by atoms with Crippen LogP contribution in [0.4, 0.5) is 10.1 Å². The van der Waals surface area contributed by atoms with Crippen molar-refractivity contribution < 1.29 is 9.18 Å². The van der Waals surface area contributed by atoms with E-state index in [2.05, 4.69) is 21.0 Å². The molecular weight excluding hydrogens is 373 g/mol. The van der Waals surface area contributed by atoms with Gasteiger partial charge in [-0.2, -0.15) is 5.10 Å². The number of hydrogen-bond acceptors (Lipinski definition) is 2. The van der Waals surface area contributed by atoms with Crippen LogP contribution in [0.15, 0.2) is 59.2 Å². The normalized spacial score (nSPS) is 10.7. The molecule has 3 aromatic rings. The second-order valence-corrected chi connectivity index (χ2v) is 6.34. The van der Waals surface area contributed by atoms with E-state index >= 15 is 0 Å². The quantitative estimate of drug-likeness (QED) is 0.669. The number of benzene rings is 2. The monoisotopic (exact) mass is 387 g/mol. The molecule has 0 saturated heterocycles. The molecule has 0 fully saturated rings. The van der Waals surface area contributed by atoms with Gasteiger partial charge < -0.3 is 4.90 Å². The van der Waals surface area contributed by atoms with E-state index in [1.54, 1.807) is 36.3 Å². The highest BCUT2D eigenvalue weighted by atomic mass is 79.9. The van der Waals surface area contributed by atoms with Gasteiger partial charge in [-0.15, -0.1) is 0 Å². The van der Waals surface area contributed by atoms with E-state index in [4.69, 9.17) is 0 Å². The van der Waals surface area contributed by atoms with Crippen LogP contribution in [0.1, 0.15) is 16.1 Å². The molecule has 0 spiro atoms. The third-order valence-corrected chi connectivity index (χ3v) is 4.20. The minimum Gasteiger partial charge on any atom is -0.310 e. The number of anilines is 1. The van der Waals surface area contributed by atoms with Crippen molar-refractivity contribution in [1.82, 2.24) is 9.78 Å². The van der Waals surface area contributed by atoms with Crippen molar-refractivity contribution in [2.75, 3.05) is 11.9 Å². The van der Waals surface area contributed by atoms with Crippen LogP contribution in [0.25, 0.3) is 5.69 Å². The summed E-state index contributed by atoms with van der Waals surface area (Å²) in [6.07, 6.45) is 1.64. The Bertz CT molecular complexity index is 907. The highest BCUT2D eigenvalue weighted by Gasteiger charge is 2.18. The third-order valence-electron chi connectivity index (χ3n) is 3.71. The van der Waals surface area contributed by atoms with E-state index in [1.165, 1.54) is 16.8 Å². The van der Waals surface area contributed by atoms with Gasteiger partial charge in [-0.1, -0.05) is 22.0 Å². The molecular formula is C18H15BrFN3O. The smallest absolute Gasteiger partial charge is 0.278 e. The van der Waals surface area contributed by atoms with Gasteiger partial charge in [0.05, 0.1) is 5.69 Å². The van der Waals surface area contributed by atoms with E-state index in [0.29, 0.717) is 11.4 Å². The Labute approximate surface area is 147 Å². The Morgan fingerprint density at radius 2 is 2.00 bits per heavy atom. The summed E-state index contributed by atoms with van der Waals surface area (Å²) < 4.78 is 15.8. The molecule has 1 heterocycles. The highest BCUT2D eigenvalue weighted by molar-refractivity contribution is 9.10. The van der Waals surface area contributed by atoms with Gasteiger partial charge in [0.15, 0.2) is 5.69 Å². The molecule has 1 amide bonds. The summed E-state index contributed by atoms with van der Waals surface area (Å²) in [7, 11) is 1.71. The van der Waals surface area contributed by atoms with Crippen LogP contribution >= 0.6 is 15.9 Å². The Hall–Kier alpha value is -2.47. The van der Waals surface area contributed by atoms with E-state index in [0.717, 1.165) is 15.7 Å². The fourth-order valence-corrected chi connectivity index (χ4v) is 2.95. The first-order valence-corrected chi connectivity index (χ1v) is 8.11. The second kappa shape index (κ2) is 6.57. The Kier molecular flexibility index (Phi) is 4.49. The lowest BCUT2D eigenvalue weighted by Crippen LogP contribution is -2.27. The topological polar surface area (TPSA) is 38.1 Å². The zero-order chi connectivity index (χ0) is 17.3. The largest absolute Gasteiger partial charge is 0.310 e. The Morgan fingerprint density at radius 1 is 1.21 bits per heavy atom. The lowest BCUT2D eigenvalue weighted by Gasteiger charge is -2.18. The minimum atomic E-state index is -0.349.